The van der Waals surface area contributed by atoms with Gasteiger partial charge in [0.05, 0.1) is 11.0 Å². The molecule has 17 heavy (non-hydrogen) atoms. The minimum atomic E-state index is -0.250. The molecule has 0 bridgehead atoms. The lowest BCUT2D eigenvalue weighted by atomic mass is 10.1. The van der Waals surface area contributed by atoms with E-state index in [1.807, 2.05) is 25.3 Å². The van der Waals surface area contributed by atoms with Crippen LogP contribution in [0.5, 0.6) is 0 Å². The third kappa shape index (κ3) is 2.86. The van der Waals surface area contributed by atoms with Gasteiger partial charge in [-0.1, -0.05) is 0 Å². The van der Waals surface area contributed by atoms with Crippen molar-refractivity contribution >= 4 is 39.0 Å². The number of hydrogen-bond donors (Lipinski definition) is 1. The van der Waals surface area contributed by atoms with Gasteiger partial charge in [-0.25, -0.2) is 9.97 Å². The predicted molar refractivity (Wildman–Crippen MR) is 72.0 cm³/mol. The van der Waals surface area contributed by atoms with Gasteiger partial charge in [0.25, 0.3) is 0 Å². The smallest absolute Gasteiger partial charge is 0.225 e. The molecule has 0 saturated carbocycles. The summed E-state index contributed by atoms with van der Waals surface area (Å²) in [6, 6.07) is 1.98. The lowest BCUT2D eigenvalue weighted by molar-refractivity contribution is 0.0343. The summed E-state index contributed by atoms with van der Waals surface area (Å²) in [5.74, 6) is 0.756. The molecule has 0 aliphatic rings. The Morgan fingerprint density at radius 2 is 2.24 bits per heavy atom. The van der Waals surface area contributed by atoms with Crippen LogP contribution in [0.4, 0.5) is 5.82 Å². The van der Waals surface area contributed by atoms with Gasteiger partial charge in [0.2, 0.25) is 5.28 Å². The molecule has 0 radical (unpaired) electrons. The summed E-state index contributed by atoms with van der Waals surface area (Å²) in [5, 5.41) is 6.48. The highest BCUT2D eigenvalue weighted by Crippen LogP contribution is 2.26. The minimum Gasteiger partial charge on any atom is -0.377 e. The summed E-state index contributed by atoms with van der Waals surface area (Å²) in [7, 11) is 1.69. The Kier molecular flexibility index (Phi) is 3.51. The molecule has 6 heteroatoms. The Morgan fingerprint density at radius 3 is 2.94 bits per heavy atom. The monoisotopic (exact) mass is 271 g/mol. The fourth-order valence-corrected chi connectivity index (χ4v) is 2.32. The summed E-state index contributed by atoms with van der Waals surface area (Å²) in [4.78, 5) is 9.26. The van der Waals surface area contributed by atoms with E-state index in [1.165, 1.54) is 0 Å². The van der Waals surface area contributed by atoms with Crippen molar-refractivity contribution in [2.45, 2.75) is 19.4 Å². The van der Waals surface area contributed by atoms with Crippen LogP contribution in [-0.2, 0) is 4.74 Å². The van der Waals surface area contributed by atoms with Crippen LogP contribution < -0.4 is 5.32 Å². The Bertz CT molecular complexity index is 526. The molecule has 2 aromatic rings. The number of fused-ring (bicyclic) bond motifs is 1. The van der Waals surface area contributed by atoms with Crippen molar-refractivity contribution in [3.63, 3.8) is 0 Å². The Balaban J connectivity index is 2.26. The molecule has 92 valence electrons. The first kappa shape index (κ1) is 12.5. The van der Waals surface area contributed by atoms with Crippen LogP contribution in [0.1, 0.15) is 13.8 Å². The van der Waals surface area contributed by atoms with Crippen LogP contribution in [0.2, 0.25) is 5.28 Å². The van der Waals surface area contributed by atoms with E-state index in [2.05, 4.69) is 15.3 Å². The molecule has 0 fully saturated rings. The lowest BCUT2D eigenvalue weighted by Crippen LogP contribution is -2.32. The van der Waals surface area contributed by atoms with Gasteiger partial charge in [-0.15, -0.1) is 11.3 Å². The number of halogens is 1. The van der Waals surface area contributed by atoms with E-state index in [0.717, 1.165) is 16.0 Å². The Hall–Kier alpha value is -0.910. The van der Waals surface area contributed by atoms with E-state index in [0.29, 0.717) is 6.54 Å². The normalized spacial score (nSPS) is 12.0. The van der Waals surface area contributed by atoms with E-state index in [9.17, 15) is 0 Å². The van der Waals surface area contributed by atoms with Gasteiger partial charge in [-0.05, 0) is 36.9 Å². The quantitative estimate of drug-likeness (QED) is 0.868. The molecule has 2 aromatic heterocycles. The van der Waals surface area contributed by atoms with Crippen molar-refractivity contribution in [2.75, 3.05) is 19.0 Å². The topological polar surface area (TPSA) is 47.0 Å². The van der Waals surface area contributed by atoms with Crippen LogP contribution in [0, 0.1) is 0 Å². The van der Waals surface area contributed by atoms with Gasteiger partial charge in [-0.3, -0.25) is 0 Å². The molecular weight excluding hydrogens is 258 g/mol. The highest BCUT2D eigenvalue weighted by Gasteiger charge is 2.17. The molecular formula is C11H14ClN3OS. The van der Waals surface area contributed by atoms with E-state index in [-0.39, 0.29) is 10.9 Å². The maximum Gasteiger partial charge on any atom is 0.225 e. The second-order valence-electron chi connectivity index (χ2n) is 4.30. The molecule has 0 spiro atoms. The second-order valence-corrected chi connectivity index (χ2v) is 5.53. The average Bonchev–Trinajstić information content (AvgIpc) is 2.73. The minimum absolute atomic E-state index is 0.250. The van der Waals surface area contributed by atoms with Crippen molar-refractivity contribution in [2.24, 2.45) is 0 Å². The van der Waals surface area contributed by atoms with E-state index in [4.69, 9.17) is 16.3 Å². The standard InChI is InChI=1S/C11H14ClN3OS/c1-11(2,16-3)6-13-8-7-4-5-17-9(7)15-10(12)14-8/h4-5H,6H2,1-3H3,(H,13,14,15). The fraction of sp³-hybridized carbons (Fsp3) is 0.455. The fourth-order valence-electron chi connectivity index (χ4n) is 1.33. The molecule has 0 aliphatic heterocycles. The number of thiophene rings is 1. The maximum absolute atomic E-state index is 5.88. The highest BCUT2D eigenvalue weighted by atomic mass is 35.5. The first-order valence-corrected chi connectivity index (χ1v) is 6.47. The zero-order chi connectivity index (χ0) is 12.5. The zero-order valence-corrected chi connectivity index (χ0v) is 11.5. The Morgan fingerprint density at radius 1 is 1.47 bits per heavy atom. The van der Waals surface area contributed by atoms with Gasteiger partial charge in [-0.2, -0.15) is 0 Å². The molecule has 1 N–H and O–H groups in total. The number of rotatable bonds is 4. The molecule has 0 aliphatic carbocycles. The average molecular weight is 272 g/mol. The molecule has 0 atom stereocenters. The van der Waals surface area contributed by atoms with Crippen molar-refractivity contribution < 1.29 is 4.74 Å². The molecule has 0 saturated heterocycles. The summed E-state index contributed by atoms with van der Waals surface area (Å²) in [5.41, 5.74) is -0.250. The van der Waals surface area contributed by atoms with E-state index in [1.54, 1.807) is 18.4 Å². The van der Waals surface area contributed by atoms with Gasteiger partial charge in [0.15, 0.2) is 0 Å². The molecule has 2 heterocycles. The molecule has 0 aromatic carbocycles. The number of aromatic nitrogens is 2. The van der Waals surface area contributed by atoms with Gasteiger partial charge in [0.1, 0.15) is 10.6 Å². The third-order valence-corrected chi connectivity index (χ3v) is 3.51. The molecule has 4 nitrogen and oxygen atoms in total. The Labute approximate surface area is 109 Å². The predicted octanol–water partition coefficient (Wildman–Crippen LogP) is 3.18. The molecule has 2 rings (SSSR count). The van der Waals surface area contributed by atoms with Crippen LogP contribution in [-0.4, -0.2) is 29.2 Å². The van der Waals surface area contributed by atoms with Gasteiger partial charge < -0.3 is 10.1 Å². The zero-order valence-electron chi connectivity index (χ0n) is 9.95. The van der Waals surface area contributed by atoms with Crippen LogP contribution in [0.3, 0.4) is 0 Å². The second kappa shape index (κ2) is 4.76. The van der Waals surface area contributed by atoms with Crippen molar-refractivity contribution in [1.82, 2.24) is 9.97 Å². The number of nitrogens with one attached hydrogen (secondary N) is 1. The van der Waals surface area contributed by atoms with Crippen molar-refractivity contribution in [3.05, 3.63) is 16.7 Å². The largest absolute Gasteiger partial charge is 0.377 e. The van der Waals surface area contributed by atoms with E-state index >= 15 is 0 Å². The van der Waals surface area contributed by atoms with E-state index < -0.39 is 0 Å². The lowest BCUT2D eigenvalue weighted by Gasteiger charge is -2.23. The number of methoxy groups -OCH3 is 1. The first-order valence-electron chi connectivity index (χ1n) is 5.21. The van der Waals surface area contributed by atoms with Gasteiger partial charge >= 0.3 is 0 Å². The molecule has 0 amide bonds. The summed E-state index contributed by atoms with van der Waals surface area (Å²) in [6.07, 6.45) is 0. The number of nitrogens with zero attached hydrogens (tertiary/aromatic N) is 2. The maximum atomic E-state index is 5.88. The summed E-state index contributed by atoms with van der Waals surface area (Å²) < 4.78 is 5.35. The van der Waals surface area contributed by atoms with Crippen LogP contribution >= 0.6 is 22.9 Å². The highest BCUT2D eigenvalue weighted by molar-refractivity contribution is 7.16. The summed E-state index contributed by atoms with van der Waals surface area (Å²) >= 11 is 7.43. The van der Waals surface area contributed by atoms with Crippen molar-refractivity contribution in [3.8, 4) is 0 Å². The number of ether oxygens (including phenoxy) is 1. The van der Waals surface area contributed by atoms with Gasteiger partial charge in [0, 0.05) is 13.7 Å². The van der Waals surface area contributed by atoms with Crippen molar-refractivity contribution in [1.29, 1.82) is 0 Å². The summed E-state index contributed by atoms with van der Waals surface area (Å²) in [6.45, 7) is 4.67. The third-order valence-electron chi connectivity index (χ3n) is 2.53. The van der Waals surface area contributed by atoms with Crippen LogP contribution in [0.15, 0.2) is 11.4 Å². The van der Waals surface area contributed by atoms with Crippen LogP contribution in [0.25, 0.3) is 10.2 Å². The SMILES string of the molecule is COC(C)(C)CNc1nc(Cl)nc2sccc12. The first-order chi connectivity index (χ1) is 8.02. The molecule has 0 unspecified atom stereocenters. The number of hydrogen-bond acceptors (Lipinski definition) is 5. The number of anilines is 1.